The molecular weight excluding hydrogens is 484 g/mol. The van der Waals surface area contributed by atoms with Crippen molar-refractivity contribution in [2.24, 2.45) is 0 Å². The number of carboxylic acids is 1. The summed E-state index contributed by atoms with van der Waals surface area (Å²) in [5.74, 6) is 0.346. The number of carbonyl (C=O) groups is 1. The molecule has 0 bridgehead atoms. The first kappa shape index (κ1) is 26.4. The first-order valence-corrected chi connectivity index (χ1v) is 12.2. The van der Waals surface area contributed by atoms with Crippen LogP contribution in [-0.4, -0.2) is 34.2 Å². The molecule has 0 unspecified atom stereocenters. The highest BCUT2D eigenvalue weighted by atomic mass is 16.5. The number of quaternary nitrogens is 1. The van der Waals surface area contributed by atoms with Crippen LogP contribution in [0.15, 0.2) is 77.7 Å². The molecule has 0 radical (unpaired) electrons. The Bertz CT molecular complexity index is 1600. The van der Waals surface area contributed by atoms with Crippen molar-refractivity contribution in [2.75, 3.05) is 13.7 Å². The molecule has 196 valence electrons. The zero-order chi connectivity index (χ0) is 27.1. The first-order valence-electron chi connectivity index (χ1n) is 12.2. The largest absolute Gasteiger partial charge is 0.550 e. The Morgan fingerprint density at radius 2 is 1.82 bits per heavy atom. The van der Waals surface area contributed by atoms with Crippen molar-refractivity contribution in [1.29, 1.82) is 0 Å². The number of H-pyrrole nitrogens is 1. The maximum atomic E-state index is 13.1. The van der Waals surface area contributed by atoms with Gasteiger partial charge in [-0.15, -0.1) is 0 Å². The molecule has 0 saturated carbocycles. The highest BCUT2D eigenvalue weighted by molar-refractivity contribution is 5.96. The van der Waals surface area contributed by atoms with Crippen molar-refractivity contribution >= 4 is 27.9 Å². The van der Waals surface area contributed by atoms with E-state index < -0.39 is 5.97 Å². The lowest BCUT2D eigenvalue weighted by molar-refractivity contribution is -0.368. The van der Waals surface area contributed by atoms with Gasteiger partial charge in [-0.25, -0.2) is 4.98 Å². The summed E-state index contributed by atoms with van der Waals surface area (Å²) in [7, 11) is 1.61. The summed E-state index contributed by atoms with van der Waals surface area (Å²) in [4.78, 5) is 29.6. The Kier molecular flexibility index (Phi) is 8.40. The molecule has 0 spiro atoms. The molecular formula is C29H30N4O5. The Balaban J connectivity index is 0.000000786. The summed E-state index contributed by atoms with van der Waals surface area (Å²) in [6, 6.07) is 21.5. The average molecular weight is 515 g/mol. The van der Waals surface area contributed by atoms with E-state index in [9.17, 15) is 4.79 Å². The number of rotatable bonds is 8. The van der Waals surface area contributed by atoms with E-state index >= 15 is 0 Å². The number of hydrogen-bond acceptors (Lipinski definition) is 6. The summed E-state index contributed by atoms with van der Waals surface area (Å²) in [5.41, 5.74) is 8.34. The lowest BCUT2D eigenvalue weighted by Gasteiger charge is -2.08. The second-order valence-electron chi connectivity index (χ2n) is 8.69. The third kappa shape index (κ3) is 6.19. The summed E-state index contributed by atoms with van der Waals surface area (Å²) in [6.07, 6.45) is 2.94. The van der Waals surface area contributed by atoms with Crippen LogP contribution in [0.25, 0.3) is 33.2 Å². The van der Waals surface area contributed by atoms with Crippen LogP contribution in [0.1, 0.15) is 18.9 Å². The van der Waals surface area contributed by atoms with Gasteiger partial charge < -0.3 is 34.7 Å². The van der Waals surface area contributed by atoms with Crippen LogP contribution >= 0.6 is 0 Å². The van der Waals surface area contributed by atoms with Crippen molar-refractivity contribution < 1.29 is 25.1 Å². The molecule has 0 aliphatic heterocycles. The van der Waals surface area contributed by atoms with Crippen LogP contribution in [0.3, 0.4) is 0 Å². The quantitative estimate of drug-likeness (QED) is 0.326. The van der Waals surface area contributed by atoms with Gasteiger partial charge in [-0.3, -0.25) is 4.79 Å². The second kappa shape index (κ2) is 12.1. The van der Waals surface area contributed by atoms with Gasteiger partial charge in [0.2, 0.25) is 0 Å². The SMILES string of the molecule is CC(=O)[O-].COc1ccc2[nH]c(=O)c(-c3cn(CCC[NH3+])c4ccc(OCc5ccccc5)cc34)nc2c1. The van der Waals surface area contributed by atoms with E-state index in [2.05, 4.69) is 15.3 Å². The number of methoxy groups -OCH3 is 1. The number of carbonyl (C=O) groups excluding carboxylic acids is 1. The number of nitrogens with one attached hydrogen (secondary N) is 1. The summed E-state index contributed by atoms with van der Waals surface area (Å²) < 4.78 is 13.6. The van der Waals surface area contributed by atoms with E-state index in [1.807, 2.05) is 60.8 Å². The molecule has 5 aromatic rings. The van der Waals surface area contributed by atoms with Crippen LogP contribution in [0.2, 0.25) is 0 Å². The molecule has 0 aliphatic rings. The van der Waals surface area contributed by atoms with Crippen LogP contribution in [-0.2, 0) is 17.9 Å². The number of nitrogens with zero attached hydrogens (tertiary/aromatic N) is 2. The van der Waals surface area contributed by atoms with Gasteiger partial charge in [-0.1, -0.05) is 30.3 Å². The molecule has 5 rings (SSSR count). The van der Waals surface area contributed by atoms with Crippen LogP contribution in [0, 0.1) is 0 Å². The molecule has 0 fully saturated rings. The topological polar surface area (TPSA) is 137 Å². The van der Waals surface area contributed by atoms with Crippen LogP contribution in [0.4, 0.5) is 0 Å². The smallest absolute Gasteiger partial charge is 0.275 e. The van der Waals surface area contributed by atoms with E-state index in [1.54, 1.807) is 19.2 Å². The van der Waals surface area contributed by atoms with Crippen LogP contribution < -0.4 is 25.9 Å². The maximum Gasteiger partial charge on any atom is 0.275 e. The fourth-order valence-corrected chi connectivity index (χ4v) is 4.13. The fourth-order valence-electron chi connectivity index (χ4n) is 4.13. The number of aromatic amines is 1. The van der Waals surface area contributed by atoms with Crippen molar-refractivity contribution in [3.05, 3.63) is 88.8 Å². The van der Waals surface area contributed by atoms with Gasteiger partial charge in [-0.05, 0) is 42.8 Å². The van der Waals surface area contributed by atoms with E-state index in [-0.39, 0.29) is 5.56 Å². The number of hydrogen-bond donors (Lipinski definition) is 2. The number of ether oxygens (including phenoxy) is 2. The molecule has 0 aliphatic carbocycles. The van der Waals surface area contributed by atoms with Gasteiger partial charge in [0.05, 0.1) is 24.7 Å². The lowest BCUT2D eigenvalue weighted by atomic mass is 10.1. The zero-order valence-corrected chi connectivity index (χ0v) is 21.4. The van der Waals surface area contributed by atoms with Crippen LogP contribution in [0.5, 0.6) is 11.5 Å². The molecule has 9 nitrogen and oxygen atoms in total. The number of fused-ring (bicyclic) bond motifs is 2. The molecule has 2 aromatic heterocycles. The third-order valence-corrected chi connectivity index (χ3v) is 5.91. The van der Waals surface area contributed by atoms with Gasteiger partial charge in [0, 0.05) is 47.7 Å². The number of aryl methyl sites for hydroxylation is 1. The highest BCUT2D eigenvalue weighted by Crippen LogP contribution is 2.32. The van der Waals surface area contributed by atoms with E-state index in [0.717, 1.165) is 54.2 Å². The summed E-state index contributed by atoms with van der Waals surface area (Å²) >= 11 is 0. The minimum absolute atomic E-state index is 0.232. The van der Waals surface area contributed by atoms with Gasteiger partial charge in [0.1, 0.15) is 23.8 Å². The Labute approximate surface area is 219 Å². The molecule has 38 heavy (non-hydrogen) atoms. The third-order valence-electron chi connectivity index (χ3n) is 5.91. The summed E-state index contributed by atoms with van der Waals surface area (Å²) in [6.45, 7) is 3.09. The van der Waals surface area contributed by atoms with Crippen molar-refractivity contribution in [2.45, 2.75) is 26.5 Å². The number of aliphatic carboxylic acids is 1. The summed E-state index contributed by atoms with van der Waals surface area (Å²) in [5, 5.41) is 9.81. The standard InChI is InChI=1S/C27H26N4O3.C2H4O2/c1-33-19-8-10-23-24(15-19)29-26(27(32)30-23)22-16-31(13-5-12-28)25-11-9-20(14-21(22)25)34-17-18-6-3-2-4-7-18;1-2(3)4/h2-4,6-11,14-16H,5,12-13,17,28H2,1H3,(H,30,32);1H3,(H,3,4). The molecule has 0 amide bonds. The molecule has 3 aromatic carbocycles. The zero-order valence-electron chi connectivity index (χ0n) is 21.4. The average Bonchev–Trinajstić information content (AvgIpc) is 3.28. The molecule has 0 atom stereocenters. The number of carboxylic acid groups (broad SMARTS) is 1. The minimum Gasteiger partial charge on any atom is -0.550 e. The van der Waals surface area contributed by atoms with Gasteiger partial charge in [0.25, 0.3) is 5.56 Å². The van der Waals surface area contributed by atoms with Gasteiger partial charge in [-0.2, -0.15) is 0 Å². The van der Waals surface area contributed by atoms with E-state index in [1.165, 1.54) is 0 Å². The van der Waals surface area contributed by atoms with E-state index in [4.69, 9.17) is 24.4 Å². The predicted molar refractivity (Wildman–Crippen MR) is 144 cm³/mol. The fraction of sp³-hybridized carbons (Fsp3) is 0.207. The Morgan fingerprint density at radius 1 is 1.08 bits per heavy atom. The second-order valence-corrected chi connectivity index (χ2v) is 8.69. The van der Waals surface area contributed by atoms with E-state index in [0.29, 0.717) is 29.1 Å². The monoisotopic (exact) mass is 514 g/mol. The lowest BCUT2D eigenvalue weighted by Crippen LogP contribution is -2.50. The molecule has 4 N–H and O–H groups in total. The van der Waals surface area contributed by atoms with Gasteiger partial charge in [0.15, 0.2) is 0 Å². The predicted octanol–water partition coefficient (Wildman–Crippen LogP) is 2.52. The Morgan fingerprint density at radius 3 is 2.53 bits per heavy atom. The minimum atomic E-state index is -1.08. The highest BCUT2D eigenvalue weighted by Gasteiger charge is 2.17. The molecule has 9 heteroatoms. The Hall–Kier alpha value is -4.63. The number of benzene rings is 3. The van der Waals surface area contributed by atoms with Crippen molar-refractivity contribution in [3.63, 3.8) is 0 Å². The normalized spacial score (nSPS) is 10.7. The van der Waals surface area contributed by atoms with Crippen molar-refractivity contribution in [1.82, 2.24) is 14.5 Å². The molecule has 0 saturated heterocycles. The van der Waals surface area contributed by atoms with Gasteiger partial charge >= 0.3 is 0 Å². The maximum absolute atomic E-state index is 13.1. The first-order chi connectivity index (χ1) is 18.4. The van der Waals surface area contributed by atoms with Crippen molar-refractivity contribution in [3.8, 4) is 22.8 Å². The molecule has 2 heterocycles. The number of aromatic nitrogens is 3.